The molecule has 0 fully saturated rings. The van der Waals surface area contributed by atoms with Crippen molar-refractivity contribution in [3.05, 3.63) is 0 Å². The van der Waals surface area contributed by atoms with Gasteiger partial charge in [-0.05, 0) is 13.8 Å². The van der Waals surface area contributed by atoms with Gasteiger partial charge < -0.3 is 19.4 Å². The molecular weight excluding hydrogens is 225 g/mol. The Balaban J connectivity index is 4.89. The maximum Gasteiger partial charge on any atom is 0.344 e. The summed E-state index contributed by atoms with van der Waals surface area (Å²) in [7, 11) is -3.27. The summed E-state index contributed by atoms with van der Waals surface area (Å²) >= 11 is 0. The number of hydrogen-bond donors (Lipinski definition) is 2. The molecule has 88 valence electrons. The van der Waals surface area contributed by atoms with Crippen LogP contribution in [0.5, 0.6) is 0 Å². The molecule has 0 aromatic rings. The molecule has 0 heterocycles. The molecule has 0 atom stereocenters. The maximum atomic E-state index is 11.2. The van der Waals surface area contributed by atoms with Crippen LogP contribution in [0.4, 0.5) is 0 Å². The Morgan fingerprint density at radius 3 is 2.27 bits per heavy atom. The number of ether oxygens (including phenoxy) is 1. The Morgan fingerprint density at radius 1 is 1.53 bits per heavy atom. The second kappa shape index (κ2) is 4.74. The van der Waals surface area contributed by atoms with Gasteiger partial charge in [0.15, 0.2) is 0 Å². The summed E-state index contributed by atoms with van der Waals surface area (Å²) in [5, 5.41) is 0. The van der Waals surface area contributed by atoms with E-state index in [0.717, 1.165) is 7.11 Å². The molecule has 0 radical (unpaired) electrons. The van der Waals surface area contributed by atoms with Crippen molar-refractivity contribution in [2.45, 2.75) is 19.4 Å². The van der Waals surface area contributed by atoms with Gasteiger partial charge in [-0.1, -0.05) is 0 Å². The molecule has 0 aromatic heterocycles. The van der Waals surface area contributed by atoms with Gasteiger partial charge in [0.25, 0.3) is 0 Å². The van der Waals surface area contributed by atoms with Crippen molar-refractivity contribution in [1.29, 1.82) is 0 Å². The van der Waals surface area contributed by atoms with Gasteiger partial charge in [-0.15, -0.1) is 0 Å². The summed E-state index contributed by atoms with van der Waals surface area (Å²) in [6.07, 6.45) is -0.616. The zero-order valence-electron chi connectivity index (χ0n) is 8.71. The summed E-state index contributed by atoms with van der Waals surface area (Å²) in [5.74, 6) is -0.747. The predicted octanol–water partition coefficient (Wildman–Crippen LogP) is -0.468. The van der Waals surface area contributed by atoms with Crippen LogP contribution in [0.3, 0.4) is 0 Å². The summed E-state index contributed by atoms with van der Waals surface area (Å²) in [6.45, 7) is 2.67. The quantitative estimate of drug-likeness (QED) is 0.382. The normalized spacial score (nSPS) is 12.1. The largest absolute Gasteiger partial charge is 0.467 e. The fraction of sp³-hybridized carbons (Fsp3) is 0.714. The van der Waals surface area contributed by atoms with E-state index in [1.54, 1.807) is 0 Å². The third-order valence-electron chi connectivity index (χ3n) is 1.87. The average Bonchev–Trinajstić information content (AvgIpc) is 2.10. The number of methoxy groups -OCH3 is 1. The first kappa shape index (κ1) is 14.1. The van der Waals surface area contributed by atoms with E-state index >= 15 is 0 Å². The Hall–Kier alpha value is -0.910. The van der Waals surface area contributed by atoms with Gasteiger partial charge in [0, 0.05) is 0 Å². The van der Waals surface area contributed by atoms with E-state index in [-0.39, 0.29) is 6.41 Å². The number of rotatable bonds is 5. The van der Waals surface area contributed by atoms with E-state index < -0.39 is 25.4 Å². The first-order valence-corrected chi connectivity index (χ1v) is 5.80. The van der Waals surface area contributed by atoms with Gasteiger partial charge in [-0.25, -0.2) is 4.79 Å². The van der Waals surface area contributed by atoms with Gasteiger partial charge in [-0.3, -0.25) is 9.36 Å². The molecule has 8 heteroatoms. The monoisotopic (exact) mass is 239 g/mol. The van der Waals surface area contributed by atoms with Crippen molar-refractivity contribution in [3.63, 3.8) is 0 Å². The Kier molecular flexibility index (Phi) is 4.45. The van der Waals surface area contributed by atoms with E-state index in [1.807, 2.05) is 0 Å². The molecule has 0 rings (SSSR count). The SMILES string of the molecule is COC(=O)C(C)(C)N(C=O)CP(=O)(O)O. The average molecular weight is 239 g/mol. The minimum Gasteiger partial charge on any atom is -0.467 e. The smallest absolute Gasteiger partial charge is 0.344 e. The first-order chi connectivity index (χ1) is 6.65. The number of nitrogens with zero attached hydrogens (tertiary/aromatic N) is 1. The van der Waals surface area contributed by atoms with E-state index in [0.29, 0.717) is 4.90 Å². The van der Waals surface area contributed by atoms with Gasteiger partial charge >= 0.3 is 13.6 Å². The third kappa shape index (κ3) is 3.99. The highest BCUT2D eigenvalue weighted by molar-refractivity contribution is 7.51. The van der Waals surface area contributed by atoms with Crippen LogP contribution in [0.25, 0.3) is 0 Å². The van der Waals surface area contributed by atoms with E-state index in [9.17, 15) is 14.2 Å². The molecule has 15 heavy (non-hydrogen) atoms. The van der Waals surface area contributed by atoms with Gasteiger partial charge in [0.1, 0.15) is 11.8 Å². The summed E-state index contributed by atoms with van der Waals surface area (Å²) in [6, 6.07) is 0. The number of esters is 1. The van der Waals surface area contributed by atoms with E-state index in [1.165, 1.54) is 13.8 Å². The van der Waals surface area contributed by atoms with Gasteiger partial charge in [0.05, 0.1) is 7.11 Å². The van der Waals surface area contributed by atoms with Gasteiger partial charge in [0.2, 0.25) is 6.41 Å². The molecule has 7 nitrogen and oxygen atoms in total. The van der Waals surface area contributed by atoms with Crippen molar-refractivity contribution in [3.8, 4) is 0 Å². The zero-order chi connectivity index (χ0) is 12.3. The molecule has 0 aromatic carbocycles. The van der Waals surface area contributed by atoms with Crippen molar-refractivity contribution in [2.75, 3.05) is 13.4 Å². The van der Waals surface area contributed by atoms with Crippen LogP contribution >= 0.6 is 7.60 Å². The topological polar surface area (TPSA) is 104 Å². The van der Waals surface area contributed by atoms with Crippen LogP contribution in [0.15, 0.2) is 0 Å². The number of carbonyl (C=O) groups is 2. The fourth-order valence-corrected chi connectivity index (χ4v) is 1.72. The van der Waals surface area contributed by atoms with Crippen LogP contribution < -0.4 is 0 Å². The highest BCUT2D eigenvalue weighted by Gasteiger charge is 2.38. The molecule has 0 saturated carbocycles. The molecule has 2 N–H and O–H groups in total. The third-order valence-corrected chi connectivity index (χ3v) is 2.54. The van der Waals surface area contributed by atoms with Crippen molar-refractivity contribution >= 4 is 20.0 Å². The summed E-state index contributed by atoms with van der Waals surface area (Å²) < 4.78 is 15.1. The van der Waals surface area contributed by atoms with Crippen LogP contribution in [-0.2, 0) is 18.9 Å². The molecule has 0 aliphatic rings. The lowest BCUT2D eigenvalue weighted by Crippen LogP contribution is -2.50. The second-order valence-electron chi connectivity index (χ2n) is 3.43. The summed E-state index contributed by atoms with van der Waals surface area (Å²) in [5.41, 5.74) is -1.41. The van der Waals surface area contributed by atoms with Crippen LogP contribution in [-0.4, -0.2) is 46.0 Å². The van der Waals surface area contributed by atoms with Crippen LogP contribution in [0, 0.1) is 0 Å². The standard InChI is InChI=1S/C7H14NO6P/c1-7(2,6(10)14-3)8(4-9)5-15(11,12)13/h4H,5H2,1-3H3,(H2,11,12,13). The van der Waals surface area contributed by atoms with Crippen molar-refractivity contribution < 1.29 is 28.7 Å². The molecule has 0 bridgehead atoms. The minimum atomic E-state index is -4.40. The Bertz CT molecular complexity index is 296. The number of carbonyl (C=O) groups excluding carboxylic acids is 2. The molecule has 0 aliphatic carbocycles. The Labute approximate surface area is 87.2 Å². The zero-order valence-corrected chi connectivity index (χ0v) is 9.60. The van der Waals surface area contributed by atoms with Gasteiger partial charge in [-0.2, -0.15) is 0 Å². The lowest BCUT2D eigenvalue weighted by Gasteiger charge is -2.32. The lowest BCUT2D eigenvalue weighted by molar-refractivity contribution is -0.155. The van der Waals surface area contributed by atoms with Crippen molar-refractivity contribution in [1.82, 2.24) is 4.90 Å². The molecular formula is C7H14NO6P. The molecule has 0 aliphatic heterocycles. The molecule has 1 amide bonds. The highest BCUT2D eigenvalue weighted by Crippen LogP contribution is 2.36. The van der Waals surface area contributed by atoms with Crippen LogP contribution in [0.2, 0.25) is 0 Å². The van der Waals surface area contributed by atoms with Crippen LogP contribution in [0.1, 0.15) is 13.8 Å². The second-order valence-corrected chi connectivity index (χ2v) is 5.04. The number of hydrogen-bond acceptors (Lipinski definition) is 4. The lowest BCUT2D eigenvalue weighted by atomic mass is 10.1. The first-order valence-electron chi connectivity index (χ1n) is 4.00. The fourth-order valence-electron chi connectivity index (χ4n) is 0.907. The molecule has 0 spiro atoms. The highest BCUT2D eigenvalue weighted by atomic mass is 31.2. The molecule has 0 unspecified atom stereocenters. The number of amides is 1. The predicted molar refractivity (Wildman–Crippen MR) is 50.9 cm³/mol. The minimum absolute atomic E-state index is 0.204. The maximum absolute atomic E-state index is 11.2. The van der Waals surface area contributed by atoms with E-state index in [2.05, 4.69) is 4.74 Å². The molecule has 0 saturated heterocycles. The summed E-state index contributed by atoms with van der Waals surface area (Å²) in [4.78, 5) is 40.0. The Morgan fingerprint density at radius 2 is 2.00 bits per heavy atom. The van der Waals surface area contributed by atoms with Crippen molar-refractivity contribution in [2.24, 2.45) is 0 Å². The van der Waals surface area contributed by atoms with E-state index in [4.69, 9.17) is 9.79 Å².